The number of fused-ring (bicyclic) bond motifs is 2. The molecule has 0 aliphatic carbocycles. The molecule has 29 heavy (non-hydrogen) atoms. The summed E-state index contributed by atoms with van der Waals surface area (Å²) in [5, 5.41) is 2.73. The Balaban J connectivity index is 1.58. The van der Waals surface area contributed by atoms with Crippen LogP contribution in [0.4, 0.5) is 19.0 Å². The van der Waals surface area contributed by atoms with Crippen LogP contribution in [0.5, 0.6) is 11.5 Å². The van der Waals surface area contributed by atoms with E-state index in [1.807, 2.05) is 12.1 Å². The van der Waals surface area contributed by atoms with Crippen LogP contribution in [0.3, 0.4) is 0 Å². The molecule has 3 heterocycles. The van der Waals surface area contributed by atoms with Gasteiger partial charge < -0.3 is 19.4 Å². The van der Waals surface area contributed by atoms with Crippen LogP contribution in [-0.4, -0.2) is 22.3 Å². The quantitative estimate of drug-likeness (QED) is 0.703. The summed E-state index contributed by atoms with van der Waals surface area (Å²) in [5.74, 6) is 1.10. The zero-order valence-electron chi connectivity index (χ0n) is 14.9. The highest BCUT2D eigenvalue weighted by Crippen LogP contribution is 2.42. The van der Waals surface area contributed by atoms with Gasteiger partial charge in [-0.1, -0.05) is 6.07 Å². The monoisotopic (exact) mass is 401 g/mol. The second-order valence-electron chi connectivity index (χ2n) is 6.81. The number of hydrogen-bond acceptors (Lipinski definition) is 4. The molecule has 0 saturated carbocycles. The summed E-state index contributed by atoms with van der Waals surface area (Å²) in [6, 6.07) is 10.3. The SMILES string of the molecule is O=C1C[C@@H](c2ccc3c(c2)OCO3)c2c(ncn2-c2ccc(C(F)(F)F)cc2)N1. The number of amides is 1. The first-order valence-corrected chi connectivity index (χ1v) is 8.84. The first-order valence-electron chi connectivity index (χ1n) is 8.84. The van der Waals surface area contributed by atoms with Gasteiger partial charge in [-0.3, -0.25) is 4.79 Å². The zero-order chi connectivity index (χ0) is 20.2. The van der Waals surface area contributed by atoms with Gasteiger partial charge in [0.15, 0.2) is 17.3 Å². The standard InChI is InChI=1S/C20H14F3N3O3/c21-20(22,23)12-2-4-13(5-3-12)26-9-24-19-18(26)14(8-17(27)25-19)11-1-6-15-16(7-11)29-10-28-15/h1-7,9,14H,8,10H2,(H,25,27)/t14-/m0/s1. The lowest BCUT2D eigenvalue weighted by atomic mass is 9.89. The van der Waals surface area contributed by atoms with Crippen molar-refractivity contribution >= 4 is 11.7 Å². The number of nitrogens with one attached hydrogen (secondary N) is 1. The average Bonchev–Trinajstić information content (AvgIpc) is 3.33. The zero-order valence-corrected chi connectivity index (χ0v) is 14.9. The van der Waals surface area contributed by atoms with Crippen molar-refractivity contribution in [3.8, 4) is 17.2 Å². The van der Waals surface area contributed by atoms with Crippen molar-refractivity contribution in [1.29, 1.82) is 0 Å². The van der Waals surface area contributed by atoms with E-state index in [0.717, 1.165) is 17.7 Å². The predicted octanol–water partition coefficient (Wildman–Crippen LogP) is 4.09. The van der Waals surface area contributed by atoms with Crippen LogP contribution in [0.1, 0.15) is 29.2 Å². The van der Waals surface area contributed by atoms with Crippen molar-refractivity contribution in [2.24, 2.45) is 0 Å². The number of anilines is 1. The Bertz CT molecular complexity index is 1110. The van der Waals surface area contributed by atoms with Crippen LogP contribution in [0.15, 0.2) is 48.8 Å². The van der Waals surface area contributed by atoms with Gasteiger partial charge in [-0.25, -0.2) is 4.98 Å². The molecule has 5 rings (SSSR count). The minimum atomic E-state index is -4.41. The molecule has 1 amide bonds. The molecule has 1 N–H and O–H groups in total. The molecule has 0 radical (unpaired) electrons. The lowest BCUT2D eigenvalue weighted by Gasteiger charge is -2.25. The topological polar surface area (TPSA) is 65.4 Å². The number of nitrogens with zero attached hydrogens (tertiary/aromatic N) is 2. The fraction of sp³-hybridized carbons (Fsp3) is 0.200. The second-order valence-corrected chi connectivity index (χ2v) is 6.81. The van der Waals surface area contributed by atoms with Gasteiger partial charge in [0.05, 0.1) is 11.3 Å². The third-order valence-electron chi connectivity index (χ3n) is 5.05. The van der Waals surface area contributed by atoms with Crippen LogP contribution in [0.2, 0.25) is 0 Å². The molecule has 0 unspecified atom stereocenters. The number of rotatable bonds is 2. The summed E-state index contributed by atoms with van der Waals surface area (Å²) in [6.45, 7) is 0.138. The van der Waals surface area contributed by atoms with Gasteiger partial charge in [0, 0.05) is 18.0 Å². The van der Waals surface area contributed by atoms with Crippen molar-refractivity contribution in [3.05, 3.63) is 65.6 Å². The Labute approximate surface area is 162 Å². The summed E-state index contributed by atoms with van der Waals surface area (Å²) in [5.41, 5.74) is 1.33. The molecule has 148 valence electrons. The molecular formula is C20H14F3N3O3. The molecule has 2 aliphatic heterocycles. The highest BCUT2D eigenvalue weighted by atomic mass is 19.4. The van der Waals surface area contributed by atoms with E-state index in [0.29, 0.717) is 28.7 Å². The van der Waals surface area contributed by atoms with Gasteiger partial charge in [0.2, 0.25) is 12.7 Å². The van der Waals surface area contributed by atoms with Gasteiger partial charge in [-0.2, -0.15) is 13.2 Å². The third kappa shape index (κ3) is 2.98. The van der Waals surface area contributed by atoms with E-state index in [1.165, 1.54) is 18.5 Å². The van der Waals surface area contributed by atoms with Crippen molar-refractivity contribution < 1.29 is 27.4 Å². The number of aromatic nitrogens is 2. The molecule has 2 aliphatic rings. The number of benzene rings is 2. The van der Waals surface area contributed by atoms with Crippen molar-refractivity contribution in [2.75, 3.05) is 12.1 Å². The maximum Gasteiger partial charge on any atom is 0.416 e. The van der Waals surface area contributed by atoms with E-state index in [-0.39, 0.29) is 25.0 Å². The third-order valence-corrected chi connectivity index (χ3v) is 5.05. The maximum atomic E-state index is 12.9. The number of imidazole rings is 1. The molecule has 0 fully saturated rings. The summed E-state index contributed by atoms with van der Waals surface area (Å²) >= 11 is 0. The average molecular weight is 401 g/mol. The lowest BCUT2D eigenvalue weighted by molar-refractivity contribution is -0.137. The maximum absolute atomic E-state index is 12.9. The van der Waals surface area contributed by atoms with Crippen molar-refractivity contribution in [1.82, 2.24) is 9.55 Å². The van der Waals surface area contributed by atoms with Crippen LogP contribution < -0.4 is 14.8 Å². The van der Waals surface area contributed by atoms with Gasteiger partial charge in [0.25, 0.3) is 0 Å². The second kappa shape index (κ2) is 6.26. The summed E-state index contributed by atoms with van der Waals surface area (Å²) in [4.78, 5) is 16.5. The lowest BCUT2D eigenvalue weighted by Crippen LogP contribution is -2.25. The van der Waals surface area contributed by atoms with Crippen LogP contribution in [-0.2, 0) is 11.0 Å². The fourth-order valence-corrected chi connectivity index (χ4v) is 3.67. The molecule has 0 spiro atoms. The highest BCUT2D eigenvalue weighted by Gasteiger charge is 2.33. The van der Waals surface area contributed by atoms with E-state index in [2.05, 4.69) is 10.3 Å². The van der Waals surface area contributed by atoms with E-state index in [9.17, 15) is 18.0 Å². The molecule has 9 heteroatoms. The normalized spacial score (nSPS) is 17.8. The van der Waals surface area contributed by atoms with E-state index >= 15 is 0 Å². The summed E-state index contributed by atoms with van der Waals surface area (Å²) < 4.78 is 51.1. The number of hydrogen-bond donors (Lipinski definition) is 1. The molecule has 0 saturated heterocycles. The van der Waals surface area contributed by atoms with Gasteiger partial charge in [0.1, 0.15) is 6.33 Å². The highest BCUT2D eigenvalue weighted by molar-refractivity contribution is 5.94. The fourth-order valence-electron chi connectivity index (χ4n) is 3.67. The van der Waals surface area contributed by atoms with Crippen molar-refractivity contribution in [3.63, 3.8) is 0 Å². The molecule has 2 aromatic carbocycles. The minimum Gasteiger partial charge on any atom is -0.454 e. The summed E-state index contributed by atoms with van der Waals surface area (Å²) in [6.07, 6.45) is -2.73. The Kier molecular flexibility index (Phi) is 3.80. The number of carbonyl (C=O) groups excluding carboxylic acids is 1. The number of halogens is 3. The Morgan fingerprint density at radius 3 is 2.59 bits per heavy atom. The van der Waals surface area contributed by atoms with Crippen LogP contribution >= 0.6 is 0 Å². The Hall–Kier alpha value is -3.49. The van der Waals surface area contributed by atoms with Gasteiger partial charge in [-0.05, 0) is 42.0 Å². The minimum absolute atomic E-state index is 0.138. The summed E-state index contributed by atoms with van der Waals surface area (Å²) in [7, 11) is 0. The number of ether oxygens (including phenoxy) is 2. The predicted molar refractivity (Wildman–Crippen MR) is 96.2 cm³/mol. The molecule has 1 aromatic heterocycles. The van der Waals surface area contributed by atoms with E-state index < -0.39 is 11.7 Å². The number of alkyl halides is 3. The molecule has 3 aromatic rings. The molecule has 0 bridgehead atoms. The van der Waals surface area contributed by atoms with Gasteiger partial charge in [-0.15, -0.1) is 0 Å². The molecule has 1 atom stereocenters. The number of carbonyl (C=O) groups is 1. The van der Waals surface area contributed by atoms with Crippen LogP contribution in [0.25, 0.3) is 5.69 Å². The van der Waals surface area contributed by atoms with Crippen molar-refractivity contribution in [2.45, 2.75) is 18.5 Å². The smallest absolute Gasteiger partial charge is 0.416 e. The largest absolute Gasteiger partial charge is 0.454 e. The Morgan fingerprint density at radius 2 is 1.83 bits per heavy atom. The first-order chi connectivity index (χ1) is 13.9. The van der Waals surface area contributed by atoms with Gasteiger partial charge >= 0.3 is 6.18 Å². The first kappa shape index (κ1) is 17.6. The molecular weight excluding hydrogens is 387 g/mol. The van der Waals surface area contributed by atoms with Crippen LogP contribution in [0, 0.1) is 0 Å². The molecule has 6 nitrogen and oxygen atoms in total. The van der Waals surface area contributed by atoms with E-state index in [4.69, 9.17) is 9.47 Å². The van der Waals surface area contributed by atoms with E-state index in [1.54, 1.807) is 10.6 Å². The Morgan fingerprint density at radius 1 is 1.07 bits per heavy atom.